The van der Waals surface area contributed by atoms with E-state index in [0.29, 0.717) is 18.8 Å². The first-order valence-corrected chi connectivity index (χ1v) is 7.45. The molecule has 1 amide bonds. The Morgan fingerprint density at radius 3 is 2.67 bits per heavy atom. The van der Waals surface area contributed by atoms with E-state index in [1.54, 1.807) is 6.92 Å². The second kappa shape index (κ2) is 8.78. The summed E-state index contributed by atoms with van der Waals surface area (Å²) in [4.78, 5) is 28.3. The smallest absolute Gasteiger partial charge is 0.323 e. The molecule has 0 spiro atoms. The van der Waals surface area contributed by atoms with Gasteiger partial charge in [0.25, 0.3) is 5.89 Å². The number of benzene rings is 1. The summed E-state index contributed by atoms with van der Waals surface area (Å²) in [6, 6.07) is 9.55. The molecule has 8 nitrogen and oxygen atoms in total. The Kier molecular flexibility index (Phi) is 6.44. The van der Waals surface area contributed by atoms with Gasteiger partial charge in [-0.15, -0.1) is 0 Å². The lowest BCUT2D eigenvalue weighted by molar-refractivity contribution is -0.146. The summed E-state index contributed by atoms with van der Waals surface area (Å²) in [6.45, 7) is 1.37. The zero-order valence-electron chi connectivity index (χ0n) is 13.3. The minimum atomic E-state index is -1.07. The van der Waals surface area contributed by atoms with Gasteiger partial charge in [0, 0.05) is 6.54 Å². The van der Waals surface area contributed by atoms with E-state index in [1.807, 2.05) is 30.3 Å². The number of aromatic nitrogens is 2. The highest BCUT2D eigenvalue weighted by Gasteiger charge is 2.17. The number of carboxylic acids is 1. The van der Waals surface area contributed by atoms with Gasteiger partial charge in [0.2, 0.25) is 5.91 Å². The maximum atomic E-state index is 12.2. The van der Waals surface area contributed by atoms with Gasteiger partial charge in [0.05, 0.1) is 0 Å². The van der Waals surface area contributed by atoms with Crippen LogP contribution >= 0.6 is 0 Å². The molecule has 1 heterocycles. The summed E-state index contributed by atoms with van der Waals surface area (Å²) in [5.41, 5.74) is 1.03. The first-order valence-electron chi connectivity index (χ1n) is 7.45. The number of carboxylic acid groups (broad SMARTS) is 1. The maximum Gasteiger partial charge on any atom is 0.323 e. The number of ether oxygens (including phenoxy) is 1. The Labute approximate surface area is 139 Å². The fraction of sp³-hybridized carbons (Fsp3) is 0.375. The van der Waals surface area contributed by atoms with Crippen LogP contribution in [0.2, 0.25) is 0 Å². The normalized spacial score (nSPS) is 10.5. The van der Waals surface area contributed by atoms with Crippen molar-refractivity contribution in [2.45, 2.75) is 20.0 Å². The molecule has 24 heavy (non-hydrogen) atoms. The molecule has 0 radical (unpaired) electrons. The van der Waals surface area contributed by atoms with Gasteiger partial charge in [-0.3, -0.25) is 9.59 Å². The van der Waals surface area contributed by atoms with E-state index in [1.165, 1.54) is 4.90 Å². The molecular formula is C16H19N3O5. The van der Waals surface area contributed by atoms with E-state index < -0.39 is 11.9 Å². The summed E-state index contributed by atoms with van der Waals surface area (Å²) < 4.78 is 10.1. The molecular weight excluding hydrogens is 314 g/mol. The molecule has 1 aromatic carbocycles. The van der Waals surface area contributed by atoms with Crippen LogP contribution in [0.3, 0.4) is 0 Å². The van der Waals surface area contributed by atoms with Crippen LogP contribution in [0.4, 0.5) is 0 Å². The van der Waals surface area contributed by atoms with Crippen molar-refractivity contribution in [3.8, 4) is 0 Å². The van der Waals surface area contributed by atoms with Crippen molar-refractivity contribution in [1.82, 2.24) is 15.0 Å². The lowest BCUT2D eigenvalue weighted by atomic mass is 10.1. The van der Waals surface area contributed by atoms with Crippen molar-refractivity contribution in [3.63, 3.8) is 0 Å². The van der Waals surface area contributed by atoms with Crippen molar-refractivity contribution in [2.75, 3.05) is 19.7 Å². The van der Waals surface area contributed by atoms with Gasteiger partial charge >= 0.3 is 5.97 Å². The van der Waals surface area contributed by atoms with Gasteiger partial charge in [-0.2, -0.15) is 4.98 Å². The summed E-state index contributed by atoms with van der Waals surface area (Å²) in [6.07, 6.45) is 0.572. The van der Waals surface area contributed by atoms with E-state index in [-0.39, 0.29) is 25.6 Å². The van der Waals surface area contributed by atoms with Crippen molar-refractivity contribution in [3.05, 3.63) is 47.6 Å². The summed E-state index contributed by atoms with van der Waals surface area (Å²) in [5.74, 6) is -0.710. The van der Waals surface area contributed by atoms with Gasteiger partial charge in [-0.25, -0.2) is 0 Å². The molecule has 8 heteroatoms. The number of aliphatic carboxylic acids is 1. The number of hydrogen-bond donors (Lipinski definition) is 1. The van der Waals surface area contributed by atoms with E-state index in [9.17, 15) is 9.59 Å². The molecule has 0 saturated carbocycles. The molecule has 0 saturated heterocycles. The van der Waals surface area contributed by atoms with Gasteiger partial charge in [-0.1, -0.05) is 35.5 Å². The van der Waals surface area contributed by atoms with Crippen molar-refractivity contribution in [2.24, 2.45) is 0 Å². The lowest BCUT2D eigenvalue weighted by Crippen LogP contribution is -2.39. The SMILES string of the molecule is Cc1noc(COCC(=O)N(CCc2ccccc2)CC(=O)O)n1. The predicted octanol–water partition coefficient (Wildman–Crippen LogP) is 1.05. The maximum absolute atomic E-state index is 12.2. The molecule has 0 aliphatic rings. The number of rotatable bonds is 9. The molecule has 0 atom stereocenters. The van der Waals surface area contributed by atoms with Crippen LogP contribution < -0.4 is 0 Å². The van der Waals surface area contributed by atoms with Crippen LogP contribution in [0, 0.1) is 6.92 Å². The Bertz CT molecular complexity index is 671. The van der Waals surface area contributed by atoms with Gasteiger partial charge in [-0.05, 0) is 18.9 Å². The van der Waals surface area contributed by atoms with Crippen LogP contribution in [0.1, 0.15) is 17.3 Å². The number of nitrogens with zero attached hydrogens (tertiary/aromatic N) is 3. The Morgan fingerprint density at radius 1 is 1.29 bits per heavy atom. The number of hydrogen-bond acceptors (Lipinski definition) is 6. The molecule has 0 unspecified atom stereocenters. The molecule has 0 aliphatic heterocycles. The third-order valence-electron chi connectivity index (χ3n) is 3.21. The largest absolute Gasteiger partial charge is 0.480 e. The average molecular weight is 333 g/mol. The van der Waals surface area contributed by atoms with E-state index in [4.69, 9.17) is 14.4 Å². The monoisotopic (exact) mass is 333 g/mol. The molecule has 0 bridgehead atoms. The van der Waals surface area contributed by atoms with E-state index >= 15 is 0 Å². The Balaban J connectivity index is 1.83. The summed E-state index contributed by atoms with van der Waals surface area (Å²) >= 11 is 0. The highest BCUT2D eigenvalue weighted by Crippen LogP contribution is 2.03. The second-order valence-corrected chi connectivity index (χ2v) is 5.17. The third-order valence-corrected chi connectivity index (χ3v) is 3.21. The van der Waals surface area contributed by atoms with Crippen molar-refractivity contribution in [1.29, 1.82) is 0 Å². The highest BCUT2D eigenvalue weighted by atomic mass is 16.5. The van der Waals surface area contributed by atoms with Crippen LogP contribution in [0.25, 0.3) is 0 Å². The number of carbonyl (C=O) groups is 2. The fourth-order valence-electron chi connectivity index (χ4n) is 2.08. The minimum Gasteiger partial charge on any atom is -0.480 e. The molecule has 128 valence electrons. The summed E-state index contributed by atoms with van der Waals surface area (Å²) in [7, 11) is 0. The molecule has 2 rings (SSSR count). The standard InChI is InChI=1S/C16H19N3O5/c1-12-17-14(24-18-12)10-23-11-15(20)19(9-16(21)22)8-7-13-5-3-2-4-6-13/h2-6H,7-11H2,1H3,(H,21,22). The van der Waals surface area contributed by atoms with Gasteiger partial charge in [0.15, 0.2) is 5.82 Å². The number of amides is 1. The fourth-order valence-corrected chi connectivity index (χ4v) is 2.08. The van der Waals surface area contributed by atoms with Crippen LogP contribution in [0.15, 0.2) is 34.9 Å². The second-order valence-electron chi connectivity index (χ2n) is 5.17. The Morgan fingerprint density at radius 2 is 2.04 bits per heavy atom. The highest BCUT2D eigenvalue weighted by molar-refractivity contribution is 5.82. The first-order chi connectivity index (χ1) is 11.5. The first kappa shape index (κ1) is 17.6. The van der Waals surface area contributed by atoms with Gasteiger partial charge in [0.1, 0.15) is 19.8 Å². The topological polar surface area (TPSA) is 106 Å². The summed E-state index contributed by atoms with van der Waals surface area (Å²) in [5, 5.41) is 12.6. The van der Waals surface area contributed by atoms with Crippen molar-refractivity contribution < 1.29 is 24.0 Å². The minimum absolute atomic E-state index is 0.00613. The quantitative estimate of drug-likeness (QED) is 0.731. The lowest BCUT2D eigenvalue weighted by Gasteiger charge is -2.20. The number of aryl methyl sites for hydroxylation is 1. The Hall–Kier alpha value is -2.74. The van der Waals surface area contributed by atoms with Crippen molar-refractivity contribution >= 4 is 11.9 Å². The van der Waals surface area contributed by atoms with Crippen LogP contribution in [-0.4, -0.2) is 51.7 Å². The van der Waals surface area contributed by atoms with Crippen LogP contribution in [-0.2, 0) is 27.4 Å². The van der Waals surface area contributed by atoms with E-state index in [2.05, 4.69) is 10.1 Å². The molecule has 1 N–H and O–H groups in total. The number of carbonyl (C=O) groups excluding carboxylic acids is 1. The average Bonchev–Trinajstić information content (AvgIpc) is 2.97. The zero-order valence-corrected chi connectivity index (χ0v) is 13.3. The van der Waals surface area contributed by atoms with Crippen LogP contribution in [0.5, 0.6) is 0 Å². The third kappa shape index (κ3) is 5.81. The molecule has 2 aromatic rings. The molecule has 0 aliphatic carbocycles. The molecule has 1 aromatic heterocycles. The zero-order chi connectivity index (χ0) is 17.4. The van der Waals surface area contributed by atoms with E-state index in [0.717, 1.165) is 5.56 Å². The molecule has 0 fully saturated rings. The predicted molar refractivity (Wildman–Crippen MR) is 83.1 cm³/mol. The van der Waals surface area contributed by atoms with Gasteiger partial charge < -0.3 is 19.3 Å².